The normalized spacial score (nSPS) is 17.6. The summed E-state index contributed by atoms with van der Waals surface area (Å²) in [6, 6.07) is 7.42. The van der Waals surface area contributed by atoms with Crippen LogP contribution >= 0.6 is 22.9 Å². The second-order valence-electron chi connectivity index (χ2n) is 7.78. The van der Waals surface area contributed by atoms with E-state index < -0.39 is 21.4 Å². The molecule has 31 heavy (non-hydrogen) atoms. The molecule has 1 aliphatic carbocycles. The Bertz CT molecular complexity index is 1140. The van der Waals surface area contributed by atoms with Gasteiger partial charge in [0.05, 0.1) is 24.6 Å². The fourth-order valence-electron chi connectivity index (χ4n) is 4.37. The molecule has 0 spiro atoms. The van der Waals surface area contributed by atoms with Gasteiger partial charge < -0.3 is 9.64 Å². The number of benzene rings is 1. The van der Waals surface area contributed by atoms with Gasteiger partial charge in [-0.05, 0) is 49.6 Å². The van der Waals surface area contributed by atoms with Crippen LogP contribution in [-0.2, 0) is 37.9 Å². The molecule has 0 unspecified atom stereocenters. The van der Waals surface area contributed by atoms with Crippen LogP contribution in [0.2, 0.25) is 5.02 Å². The number of thiophene rings is 1. The van der Waals surface area contributed by atoms with Gasteiger partial charge in [0.25, 0.3) is 10.0 Å². The molecule has 1 aliphatic heterocycles. The van der Waals surface area contributed by atoms with E-state index in [2.05, 4.69) is 4.72 Å². The average Bonchev–Trinajstić information content (AvgIpc) is 3.13. The number of nitrogens with zero attached hydrogens (tertiary/aromatic N) is 1. The van der Waals surface area contributed by atoms with Crippen molar-refractivity contribution in [2.45, 2.75) is 41.9 Å². The first-order valence-corrected chi connectivity index (χ1v) is 12.6. The number of methoxy groups -OCH3 is 1. The maximum Gasteiger partial charge on any atom is 0.340 e. The Kier molecular flexibility index (Phi) is 5.89. The molecule has 0 radical (unpaired) electrons. The van der Waals surface area contributed by atoms with Gasteiger partial charge in [-0.3, -0.25) is 4.79 Å². The van der Waals surface area contributed by atoms with Gasteiger partial charge >= 0.3 is 5.97 Å². The van der Waals surface area contributed by atoms with E-state index in [0.29, 0.717) is 28.4 Å². The Morgan fingerprint density at radius 3 is 2.45 bits per heavy atom. The van der Waals surface area contributed by atoms with Crippen molar-refractivity contribution in [2.75, 3.05) is 20.7 Å². The largest absolute Gasteiger partial charge is 0.465 e. The lowest BCUT2D eigenvalue weighted by atomic mass is 9.63. The van der Waals surface area contributed by atoms with E-state index in [1.807, 2.05) is 12.1 Å². The highest BCUT2D eigenvalue weighted by Gasteiger charge is 2.48. The van der Waals surface area contributed by atoms with Gasteiger partial charge in [0.1, 0.15) is 4.21 Å². The number of hydrogen-bond donors (Lipinski definition) is 1. The van der Waals surface area contributed by atoms with Crippen LogP contribution in [0.1, 0.15) is 45.6 Å². The minimum atomic E-state index is -3.83. The highest BCUT2D eigenvalue weighted by Crippen LogP contribution is 2.46. The number of sulfonamides is 1. The number of amides is 1. The van der Waals surface area contributed by atoms with E-state index in [1.165, 1.54) is 14.2 Å². The molecule has 1 fully saturated rings. The predicted molar refractivity (Wildman–Crippen MR) is 118 cm³/mol. The SMILES string of the molecule is CNS(=O)(=O)c1sc2c(c1C(=O)OC)CCN(C(=O)C1(c3ccc(Cl)cc3)CCC1)C2. The lowest BCUT2D eigenvalue weighted by Crippen LogP contribution is -2.52. The maximum atomic E-state index is 13.6. The number of hydrogen-bond acceptors (Lipinski definition) is 6. The fraction of sp³-hybridized carbons (Fsp3) is 0.429. The molecular weight excluding hydrogens is 460 g/mol. The standard InChI is InChI=1S/C21H23ClN2O5S2/c1-23-31(27,28)19-17(18(25)29-2)15-8-11-24(12-16(15)30-19)20(26)21(9-3-10-21)13-4-6-14(22)7-5-13/h4-7,23H,3,8-12H2,1-2H3. The lowest BCUT2D eigenvalue weighted by molar-refractivity contribution is -0.141. The first kappa shape index (κ1) is 22.3. The van der Waals surface area contributed by atoms with E-state index in [1.54, 1.807) is 17.0 Å². The molecule has 2 aromatic rings. The summed E-state index contributed by atoms with van der Waals surface area (Å²) < 4.78 is 32.1. The summed E-state index contributed by atoms with van der Waals surface area (Å²) in [6.45, 7) is 0.693. The summed E-state index contributed by atoms with van der Waals surface area (Å²) in [6.07, 6.45) is 2.92. The van der Waals surface area contributed by atoms with Crippen LogP contribution in [0.15, 0.2) is 28.5 Å². The zero-order chi connectivity index (χ0) is 22.4. The van der Waals surface area contributed by atoms with E-state index in [9.17, 15) is 18.0 Å². The number of halogens is 1. The van der Waals surface area contributed by atoms with Crippen molar-refractivity contribution in [1.82, 2.24) is 9.62 Å². The van der Waals surface area contributed by atoms with Crippen molar-refractivity contribution in [2.24, 2.45) is 0 Å². The molecule has 166 valence electrons. The second-order valence-corrected chi connectivity index (χ2v) is 11.4. The third-order valence-electron chi connectivity index (χ3n) is 6.23. The topological polar surface area (TPSA) is 92.8 Å². The average molecular weight is 483 g/mol. The third kappa shape index (κ3) is 3.67. The van der Waals surface area contributed by atoms with Crippen LogP contribution in [0.3, 0.4) is 0 Å². The van der Waals surface area contributed by atoms with Gasteiger partial charge in [0, 0.05) is 16.4 Å². The molecule has 4 rings (SSSR count). The zero-order valence-electron chi connectivity index (χ0n) is 17.2. The van der Waals surface area contributed by atoms with E-state index in [0.717, 1.165) is 36.2 Å². The summed E-state index contributed by atoms with van der Waals surface area (Å²) in [5, 5.41) is 0.625. The number of carbonyl (C=O) groups excluding carboxylic acids is 2. The van der Waals surface area contributed by atoms with E-state index in [-0.39, 0.29) is 22.2 Å². The highest BCUT2D eigenvalue weighted by atomic mass is 35.5. The molecule has 7 nitrogen and oxygen atoms in total. The van der Waals surface area contributed by atoms with Crippen LogP contribution in [0.5, 0.6) is 0 Å². The van der Waals surface area contributed by atoms with Gasteiger partial charge in [-0.1, -0.05) is 30.2 Å². The van der Waals surface area contributed by atoms with E-state index in [4.69, 9.17) is 16.3 Å². The van der Waals surface area contributed by atoms with Gasteiger partial charge in [-0.25, -0.2) is 17.9 Å². The van der Waals surface area contributed by atoms with Crippen LogP contribution in [0, 0.1) is 0 Å². The number of rotatable bonds is 5. The molecule has 1 N–H and O–H groups in total. The second kappa shape index (κ2) is 8.20. The van der Waals surface area contributed by atoms with Gasteiger partial charge in [-0.15, -0.1) is 11.3 Å². The number of fused-ring (bicyclic) bond motifs is 1. The van der Waals surface area contributed by atoms with Crippen molar-refractivity contribution in [3.05, 3.63) is 50.9 Å². The maximum absolute atomic E-state index is 13.6. The lowest BCUT2D eigenvalue weighted by Gasteiger charge is -2.44. The van der Waals surface area contributed by atoms with Gasteiger partial charge in [0.15, 0.2) is 0 Å². The molecule has 2 heterocycles. The molecule has 10 heteroatoms. The number of nitrogens with one attached hydrogen (secondary N) is 1. The number of ether oxygens (including phenoxy) is 1. The Balaban J connectivity index is 1.68. The van der Waals surface area contributed by atoms with Crippen LogP contribution in [-0.4, -0.2) is 45.9 Å². The molecule has 0 atom stereocenters. The van der Waals surface area contributed by atoms with Crippen LogP contribution in [0.25, 0.3) is 0 Å². The molecule has 1 amide bonds. The van der Waals surface area contributed by atoms with Crippen molar-refractivity contribution >= 4 is 44.8 Å². The Morgan fingerprint density at radius 2 is 1.90 bits per heavy atom. The fourth-order valence-corrected chi connectivity index (χ4v) is 7.23. The monoisotopic (exact) mass is 482 g/mol. The van der Waals surface area contributed by atoms with E-state index >= 15 is 0 Å². The quantitative estimate of drug-likeness (QED) is 0.661. The first-order chi connectivity index (χ1) is 14.7. The van der Waals surface area contributed by atoms with Crippen molar-refractivity contribution < 1.29 is 22.7 Å². The minimum Gasteiger partial charge on any atom is -0.465 e. The Labute approximate surface area is 190 Å². The molecule has 0 saturated heterocycles. The van der Waals surface area contributed by atoms with Crippen molar-refractivity contribution in [1.29, 1.82) is 0 Å². The van der Waals surface area contributed by atoms with Crippen molar-refractivity contribution in [3.8, 4) is 0 Å². The molecule has 1 aromatic carbocycles. The minimum absolute atomic E-state index is 0.0396. The zero-order valence-corrected chi connectivity index (χ0v) is 19.6. The number of esters is 1. The summed E-state index contributed by atoms with van der Waals surface area (Å²) in [4.78, 5) is 28.5. The summed E-state index contributed by atoms with van der Waals surface area (Å²) in [5.74, 6) is -0.638. The molecule has 1 aromatic heterocycles. The molecule has 2 aliphatic rings. The van der Waals surface area contributed by atoms with Gasteiger partial charge in [-0.2, -0.15) is 0 Å². The van der Waals surface area contributed by atoms with Gasteiger partial charge in [0.2, 0.25) is 5.91 Å². The predicted octanol–water partition coefficient (Wildman–Crippen LogP) is 3.10. The Hall–Kier alpha value is -1.94. The number of carbonyl (C=O) groups is 2. The summed E-state index contributed by atoms with van der Waals surface area (Å²) in [7, 11) is -1.30. The third-order valence-corrected chi connectivity index (χ3v) is 9.63. The smallest absolute Gasteiger partial charge is 0.340 e. The van der Waals surface area contributed by atoms with Crippen LogP contribution in [0.4, 0.5) is 0 Å². The first-order valence-electron chi connectivity index (χ1n) is 9.95. The molecule has 1 saturated carbocycles. The highest BCUT2D eigenvalue weighted by molar-refractivity contribution is 7.91. The molecular formula is C21H23ClN2O5S2. The van der Waals surface area contributed by atoms with Crippen molar-refractivity contribution in [3.63, 3.8) is 0 Å². The summed E-state index contributed by atoms with van der Waals surface area (Å²) in [5.41, 5.74) is 1.13. The molecule has 0 bridgehead atoms. The Morgan fingerprint density at radius 1 is 1.23 bits per heavy atom. The van der Waals surface area contributed by atoms with Crippen LogP contribution < -0.4 is 4.72 Å². The summed E-state index contributed by atoms with van der Waals surface area (Å²) >= 11 is 7.05.